The van der Waals surface area contributed by atoms with E-state index in [1.807, 2.05) is 17.7 Å². The van der Waals surface area contributed by atoms with Crippen LogP contribution in [0, 0.1) is 0 Å². The number of aromatic nitrogens is 3. The number of nitrogens with zero attached hydrogens (tertiary/aromatic N) is 5. The van der Waals surface area contributed by atoms with E-state index in [1.165, 1.54) is 0 Å². The van der Waals surface area contributed by atoms with Crippen LogP contribution in [0.15, 0.2) is 18.5 Å². The lowest BCUT2D eigenvalue weighted by Gasteiger charge is -2.35. The van der Waals surface area contributed by atoms with Gasteiger partial charge in [-0.1, -0.05) is 29.3 Å². The van der Waals surface area contributed by atoms with Crippen molar-refractivity contribution in [2.45, 2.75) is 6.04 Å². The second-order valence-corrected chi connectivity index (χ2v) is 7.09. The predicted molar refractivity (Wildman–Crippen MR) is 98.0 cm³/mol. The van der Waals surface area contributed by atoms with Gasteiger partial charge in [-0.25, -0.2) is 4.79 Å². The van der Waals surface area contributed by atoms with Gasteiger partial charge in [-0.15, -0.1) is 10.2 Å². The first-order chi connectivity index (χ1) is 12.5. The minimum Gasteiger partial charge on any atom is -0.489 e. The summed E-state index contributed by atoms with van der Waals surface area (Å²) in [4.78, 5) is 16.5. The molecule has 1 fully saturated rings. The Labute approximate surface area is 160 Å². The number of carbonyl (C=O) groups excluding carboxylic acids is 1. The van der Waals surface area contributed by atoms with E-state index in [0.717, 1.165) is 11.5 Å². The first-order valence-corrected chi connectivity index (χ1v) is 9.05. The van der Waals surface area contributed by atoms with E-state index >= 15 is 0 Å². The zero-order valence-corrected chi connectivity index (χ0v) is 15.7. The highest BCUT2D eigenvalue weighted by Crippen LogP contribution is 2.42. The van der Waals surface area contributed by atoms with E-state index in [-0.39, 0.29) is 12.1 Å². The van der Waals surface area contributed by atoms with Crippen molar-refractivity contribution in [2.24, 2.45) is 7.05 Å². The zero-order chi connectivity index (χ0) is 18.3. The molecule has 1 atom stereocenters. The molecule has 1 aromatic heterocycles. The van der Waals surface area contributed by atoms with Gasteiger partial charge in [0.25, 0.3) is 0 Å². The number of piperazine rings is 1. The topological polar surface area (TPSA) is 75.5 Å². The van der Waals surface area contributed by atoms with Crippen LogP contribution in [-0.4, -0.2) is 58.5 Å². The van der Waals surface area contributed by atoms with Gasteiger partial charge in [-0.3, -0.25) is 0 Å². The van der Waals surface area contributed by atoms with Crippen LogP contribution in [0.4, 0.5) is 10.7 Å². The standard InChI is InChI=1S/C16H18Cl2N6O2/c1-22-9-19-21-15(22)23-4-6-24(7-5-23)16(25)20-12-8-26-14-10(12)2-3-11(17)13(14)18/h2-3,9,12H,4-8H2,1H3,(H,20,25). The predicted octanol–water partition coefficient (Wildman–Crippen LogP) is 2.09. The maximum Gasteiger partial charge on any atom is 0.318 e. The Morgan fingerprint density at radius 2 is 2.04 bits per heavy atom. The van der Waals surface area contributed by atoms with Gasteiger partial charge in [-0.05, 0) is 6.07 Å². The van der Waals surface area contributed by atoms with E-state index in [4.69, 9.17) is 27.9 Å². The van der Waals surface area contributed by atoms with Gasteiger partial charge in [0.05, 0.1) is 11.1 Å². The number of benzene rings is 1. The van der Waals surface area contributed by atoms with Crippen molar-refractivity contribution in [3.8, 4) is 5.75 Å². The number of rotatable bonds is 2. The Morgan fingerprint density at radius 3 is 2.73 bits per heavy atom. The molecule has 26 heavy (non-hydrogen) atoms. The van der Waals surface area contributed by atoms with Gasteiger partial charge in [0.1, 0.15) is 23.7 Å². The number of halogens is 2. The second kappa shape index (κ2) is 6.85. The van der Waals surface area contributed by atoms with Crippen LogP contribution in [0.3, 0.4) is 0 Å². The molecule has 2 aliphatic heterocycles. The van der Waals surface area contributed by atoms with Gasteiger partial charge in [0.2, 0.25) is 5.95 Å². The molecule has 0 saturated carbocycles. The number of carbonyl (C=O) groups is 1. The number of amides is 2. The van der Waals surface area contributed by atoms with Crippen LogP contribution in [0.25, 0.3) is 0 Å². The molecule has 0 spiro atoms. The normalized spacial score (nSPS) is 19.3. The number of nitrogens with one attached hydrogen (secondary N) is 1. The van der Waals surface area contributed by atoms with Crippen molar-refractivity contribution in [1.29, 1.82) is 0 Å². The summed E-state index contributed by atoms with van der Waals surface area (Å²) >= 11 is 12.2. The van der Waals surface area contributed by atoms with Crippen molar-refractivity contribution >= 4 is 35.2 Å². The van der Waals surface area contributed by atoms with Gasteiger partial charge < -0.3 is 24.4 Å². The fourth-order valence-electron chi connectivity index (χ4n) is 3.26. The lowest BCUT2D eigenvalue weighted by atomic mass is 10.1. The molecule has 4 rings (SSSR count). The Hall–Kier alpha value is -2.19. The molecular formula is C16H18Cl2N6O2. The molecule has 138 valence electrons. The van der Waals surface area contributed by atoms with E-state index in [1.54, 1.807) is 17.3 Å². The largest absolute Gasteiger partial charge is 0.489 e. The van der Waals surface area contributed by atoms with Crippen LogP contribution in [0.1, 0.15) is 11.6 Å². The lowest BCUT2D eigenvalue weighted by molar-refractivity contribution is 0.186. The third kappa shape index (κ3) is 3.03. The second-order valence-electron chi connectivity index (χ2n) is 6.31. The SMILES string of the molecule is Cn1cnnc1N1CCN(C(=O)NC2COc3c2ccc(Cl)c3Cl)CC1. The zero-order valence-electron chi connectivity index (χ0n) is 14.2. The molecule has 10 heteroatoms. The van der Waals surface area contributed by atoms with Gasteiger partial charge >= 0.3 is 6.03 Å². The summed E-state index contributed by atoms with van der Waals surface area (Å²) in [5.41, 5.74) is 0.852. The van der Waals surface area contributed by atoms with Crippen LogP contribution in [0.2, 0.25) is 10.0 Å². The number of hydrogen-bond donors (Lipinski definition) is 1. The van der Waals surface area contributed by atoms with Crippen LogP contribution in [-0.2, 0) is 7.05 Å². The third-order valence-electron chi connectivity index (χ3n) is 4.69. The summed E-state index contributed by atoms with van der Waals surface area (Å²) in [6.07, 6.45) is 1.67. The van der Waals surface area contributed by atoms with Gasteiger partial charge in [0, 0.05) is 38.8 Å². The van der Waals surface area contributed by atoms with Crippen LogP contribution in [0.5, 0.6) is 5.75 Å². The summed E-state index contributed by atoms with van der Waals surface area (Å²) in [5.74, 6) is 1.37. The van der Waals surface area contributed by atoms with Crippen molar-refractivity contribution in [1.82, 2.24) is 25.0 Å². The summed E-state index contributed by atoms with van der Waals surface area (Å²) in [6, 6.07) is 3.21. The quantitative estimate of drug-likeness (QED) is 0.840. The molecule has 2 aromatic rings. The summed E-state index contributed by atoms with van der Waals surface area (Å²) in [7, 11) is 1.91. The highest BCUT2D eigenvalue weighted by atomic mass is 35.5. The van der Waals surface area contributed by atoms with Crippen LogP contribution < -0.4 is 15.0 Å². The third-order valence-corrected chi connectivity index (χ3v) is 5.47. The molecular weight excluding hydrogens is 379 g/mol. The molecule has 1 unspecified atom stereocenters. The molecule has 2 aliphatic rings. The Balaban J connectivity index is 1.37. The Morgan fingerprint density at radius 1 is 1.27 bits per heavy atom. The van der Waals surface area contributed by atoms with Gasteiger partial charge in [-0.2, -0.15) is 0 Å². The molecule has 0 aliphatic carbocycles. The fourth-order valence-corrected chi connectivity index (χ4v) is 3.63. The fraction of sp³-hybridized carbons (Fsp3) is 0.438. The Bertz CT molecular complexity index is 834. The first kappa shape index (κ1) is 17.2. The number of hydrogen-bond acceptors (Lipinski definition) is 5. The number of fused-ring (bicyclic) bond motifs is 1. The number of urea groups is 1. The van der Waals surface area contributed by atoms with E-state index in [2.05, 4.69) is 20.4 Å². The van der Waals surface area contributed by atoms with E-state index in [0.29, 0.717) is 48.6 Å². The van der Waals surface area contributed by atoms with Crippen molar-refractivity contribution in [3.63, 3.8) is 0 Å². The highest BCUT2D eigenvalue weighted by molar-refractivity contribution is 6.43. The Kier molecular flexibility index (Phi) is 4.54. The minimum atomic E-state index is -0.232. The molecule has 1 saturated heterocycles. The summed E-state index contributed by atoms with van der Waals surface area (Å²) in [6.45, 7) is 2.99. The molecule has 1 aromatic carbocycles. The summed E-state index contributed by atoms with van der Waals surface area (Å²) in [5, 5.41) is 11.9. The molecule has 0 bridgehead atoms. The molecule has 8 nitrogen and oxygen atoms in total. The van der Waals surface area contributed by atoms with Crippen molar-refractivity contribution in [2.75, 3.05) is 37.7 Å². The smallest absolute Gasteiger partial charge is 0.318 e. The van der Waals surface area contributed by atoms with Crippen LogP contribution >= 0.6 is 23.2 Å². The van der Waals surface area contributed by atoms with Crippen molar-refractivity contribution < 1.29 is 9.53 Å². The first-order valence-electron chi connectivity index (χ1n) is 8.29. The monoisotopic (exact) mass is 396 g/mol. The average molecular weight is 397 g/mol. The maximum absolute atomic E-state index is 12.6. The number of ether oxygens (including phenoxy) is 1. The molecule has 1 N–H and O–H groups in total. The van der Waals surface area contributed by atoms with E-state index in [9.17, 15) is 4.79 Å². The number of aryl methyl sites for hydroxylation is 1. The van der Waals surface area contributed by atoms with Gasteiger partial charge in [0.15, 0.2) is 0 Å². The summed E-state index contributed by atoms with van der Waals surface area (Å²) < 4.78 is 7.49. The molecule has 3 heterocycles. The minimum absolute atomic E-state index is 0.116. The average Bonchev–Trinajstić information content (AvgIpc) is 3.25. The molecule has 0 radical (unpaired) electrons. The maximum atomic E-state index is 12.6. The number of anilines is 1. The van der Waals surface area contributed by atoms with Crippen molar-refractivity contribution in [3.05, 3.63) is 34.1 Å². The highest BCUT2D eigenvalue weighted by Gasteiger charge is 2.31. The lowest BCUT2D eigenvalue weighted by Crippen LogP contribution is -2.53. The van der Waals surface area contributed by atoms with E-state index < -0.39 is 0 Å². The molecule has 2 amide bonds.